The van der Waals surface area contributed by atoms with Gasteiger partial charge in [-0.1, -0.05) is 18.2 Å². The zero-order chi connectivity index (χ0) is 15.5. The van der Waals surface area contributed by atoms with Crippen LogP contribution in [-0.2, 0) is 13.0 Å². The fraction of sp³-hybridized carbons (Fsp3) is 0.294. The standard InChI is InChI=1S/C17H17F2NO2/c18-13-2-3-14(15(19)8-13)16(21)10-20-9-11-1-4-17-12(7-11)5-6-22-17/h1-4,7-8,16,20-21H,5-6,9-10H2/t16-/m1/s1. The number of aliphatic hydroxyl groups excluding tert-OH is 1. The van der Waals surface area contributed by atoms with Crippen molar-refractivity contribution in [1.82, 2.24) is 5.32 Å². The average Bonchev–Trinajstić information content (AvgIpc) is 2.94. The molecule has 0 saturated carbocycles. The van der Waals surface area contributed by atoms with Crippen molar-refractivity contribution in [2.45, 2.75) is 19.1 Å². The predicted molar refractivity (Wildman–Crippen MR) is 78.7 cm³/mol. The maximum absolute atomic E-state index is 13.6. The van der Waals surface area contributed by atoms with E-state index in [0.717, 1.165) is 36.5 Å². The van der Waals surface area contributed by atoms with Crippen LogP contribution < -0.4 is 10.1 Å². The second-order valence-electron chi connectivity index (χ2n) is 5.35. The first-order valence-corrected chi connectivity index (χ1v) is 7.22. The highest BCUT2D eigenvalue weighted by Crippen LogP contribution is 2.25. The first-order valence-electron chi connectivity index (χ1n) is 7.22. The molecule has 2 aromatic carbocycles. The van der Waals surface area contributed by atoms with E-state index in [2.05, 4.69) is 11.4 Å². The molecular weight excluding hydrogens is 288 g/mol. The molecule has 0 saturated heterocycles. The molecule has 0 radical (unpaired) electrons. The Morgan fingerprint density at radius 3 is 2.86 bits per heavy atom. The maximum atomic E-state index is 13.6. The minimum Gasteiger partial charge on any atom is -0.493 e. The van der Waals surface area contributed by atoms with E-state index in [0.29, 0.717) is 6.54 Å². The van der Waals surface area contributed by atoms with E-state index in [4.69, 9.17) is 4.74 Å². The second kappa shape index (κ2) is 6.42. The monoisotopic (exact) mass is 305 g/mol. The minimum absolute atomic E-state index is 0.0938. The molecule has 2 aromatic rings. The lowest BCUT2D eigenvalue weighted by Crippen LogP contribution is -2.21. The van der Waals surface area contributed by atoms with Gasteiger partial charge in [-0.15, -0.1) is 0 Å². The number of halogens is 2. The van der Waals surface area contributed by atoms with Gasteiger partial charge in [-0.2, -0.15) is 0 Å². The van der Waals surface area contributed by atoms with Crippen LogP contribution in [-0.4, -0.2) is 18.3 Å². The van der Waals surface area contributed by atoms with Gasteiger partial charge in [0.2, 0.25) is 0 Å². The first kappa shape index (κ1) is 14.9. The number of benzene rings is 2. The number of hydrogen-bond donors (Lipinski definition) is 2. The molecule has 0 amide bonds. The second-order valence-corrected chi connectivity index (χ2v) is 5.35. The number of ether oxygens (including phenoxy) is 1. The predicted octanol–water partition coefficient (Wildman–Crippen LogP) is 2.72. The Hall–Kier alpha value is -1.98. The molecule has 0 spiro atoms. The van der Waals surface area contributed by atoms with Crippen LogP contribution >= 0.6 is 0 Å². The van der Waals surface area contributed by atoms with Crippen LogP contribution in [0.4, 0.5) is 8.78 Å². The van der Waals surface area contributed by atoms with Crippen LogP contribution in [0.1, 0.15) is 22.8 Å². The molecule has 22 heavy (non-hydrogen) atoms. The maximum Gasteiger partial charge on any atom is 0.131 e. The van der Waals surface area contributed by atoms with Crippen LogP contribution in [0, 0.1) is 11.6 Å². The van der Waals surface area contributed by atoms with E-state index in [1.54, 1.807) is 0 Å². The normalized spacial score (nSPS) is 14.5. The molecule has 2 N–H and O–H groups in total. The third-order valence-corrected chi connectivity index (χ3v) is 3.74. The average molecular weight is 305 g/mol. The molecule has 0 aliphatic carbocycles. The Morgan fingerprint density at radius 1 is 1.18 bits per heavy atom. The van der Waals surface area contributed by atoms with E-state index in [1.165, 1.54) is 11.6 Å². The summed E-state index contributed by atoms with van der Waals surface area (Å²) in [6.07, 6.45) is -0.106. The molecule has 5 heteroatoms. The van der Waals surface area contributed by atoms with E-state index in [-0.39, 0.29) is 12.1 Å². The molecule has 1 heterocycles. The fourth-order valence-corrected chi connectivity index (χ4v) is 2.58. The van der Waals surface area contributed by atoms with Gasteiger partial charge >= 0.3 is 0 Å². The van der Waals surface area contributed by atoms with Crippen molar-refractivity contribution in [3.63, 3.8) is 0 Å². The molecule has 3 nitrogen and oxygen atoms in total. The van der Waals surface area contributed by atoms with E-state index in [1.807, 2.05) is 12.1 Å². The van der Waals surface area contributed by atoms with Crippen LogP contribution in [0.2, 0.25) is 0 Å². The summed E-state index contributed by atoms with van der Waals surface area (Å²) in [4.78, 5) is 0. The summed E-state index contributed by atoms with van der Waals surface area (Å²) in [7, 11) is 0. The van der Waals surface area contributed by atoms with Crippen molar-refractivity contribution >= 4 is 0 Å². The summed E-state index contributed by atoms with van der Waals surface area (Å²) < 4.78 is 31.8. The summed E-state index contributed by atoms with van der Waals surface area (Å²) in [5.41, 5.74) is 2.36. The van der Waals surface area contributed by atoms with Crippen molar-refractivity contribution in [2.24, 2.45) is 0 Å². The molecule has 1 aliphatic rings. The highest BCUT2D eigenvalue weighted by atomic mass is 19.1. The largest absolute Gasteiger partial charge is 0.493 e. The van der Waals surface area contributed by atoms with E-state index < -0.39 is 17.7 Å². The van der Waals surface area contributed by atoms with Gasteiger partial charge in [-0.05, 0) is 23.3 Å². The van der Waals surface area contributed by atoms with Gasteiger partial charge in [0.25, 0.3) is 0 Å². The zero-order valence-electron chi connectivity index (χ0n) is 12.0. The van der Waals surface area contributed by atoms with Crippen LogP contribution in [0.3, 0.4) is 0 Å². The van der Waals surface area contributed by atoms with Gasteiger partial charge in [0.05, 0.1) is 12.7 Å². The minimum atomic E-state index is -1.02. The Kier molecular flexibility index (Phi) is 4.36. The van der Waals surface area contributed by atoms with Gasteiger partial charge < -0.3 is 15.2 Å². The first-order chi connectivity index (χ1) is 10.6. The lowest BCUT2D eigenvalue weighted by atomic mass is 10.1. The number of aliphatic hydroxyl groups is 1. The number of hydrogen-bond acceptors (Lipinski definition) is 3. The summed E-state index contributed by atoms with van der Waals surface area (Å²) >= 11 is 0. The van der Waals surface area contributed by atoms with Gasteiger partial charge in [-0.25, -0.2) is 8.78 Å². The van der Waals surface area contributed by atoms with Gasteiger partial charge in [0.15, 0.2) is 0 Å². The fourth-order valence-electron chi connectivity index (χ4n) is 2.58. The highest BCUT2D eigenvalue weighted by molar-refractivity contribution is 5.39. The molecule has 0 unspecified atom stereocenters. The molecule has 0 fully saturated rings. The molecule has 1 aliphatic heterocycles. The van der Waals surface area contributed by atoms with E-state index in [9.17, 15) is 13.9 Å². The molecule has 116 valence electrons. The smallest absolute Gasteiger partial charge is 0.131 e. The Bertz CT molecular complexity index is 676. The summed E-state index contributed by atoms with van der Waals surface area (Å²) in [6.45, 7) is 1.47. The number of nitrogens with one attached hydrogen (secondary N) is 1. The summed E-state index contributed by atoms with van der Waals surface area (Å²) in [5.74, 6) is -0.456. The lowest BCUT2D eigenvalue weighted by Gasteiger charge is -2.13. The molecule has 1 atom stereocenters. The topological polar surface area (TPSA) is 41.5 Å². The van der Waals surface area contributed by atoms with Crippen LogP contribution in [0.25, 0.3) is 0 Å². The summed E-state index contributed by atoms with van der Waals surface area (Å²) in [6, 6.07) is 9.16. The van der Waals surface area contributed by atoms with Gasteiger partial charge in [0, 0.05) is 31.1 Å². The SMILES string of the molecule is O[C@H](CNCc1ccc2c(c1)CCO2)c1ccc(F)cc1F. The highest BCUT2D eigenvalue weighted by Gasteiger charge is 2.14. The van der Waals surface area contributed by atoms with Crippen LogP contribution in [0.5, 0.6) is 5.75 Å². The lowest BCUT2D eigenvalue weighted by molar-refractivity contribution is 0.169. The van der Waals surface area contributed by atoms with Crippen molar-refractivity contribution in [3.8, 4) is 5.75 Å². The van der Waals surface area contributed by atoms with E-state index >= 15 is 0 Å². The van der Waals surface area contributed by atoms with Crippen molar-refractivity contribution in [2.75, 3.05) is 13.2 Å². The Balaban J connectivity index is 1.56. The van der Waals surface area contributed by atoms with Gasteiger partial charge in [0.1, 0.15) is 17.4 Å². The Morgan fingerprint density at radius 2 is 2.05 bits per heavy atom. The molecular formula is C17H17F2NO2. The number of fused-ring (bicyclic) bond motifs is 1. The van der Waals surface area contributed by atoms with Crippen molar-refractivity contribution in [1.29, 1.82) is 0 Å². The summed E-state index contributed by atoms with van der Waals surface area (Å²) in [5, 5.41) is 13.1. The van der Waals surface area contributed by atoms with Gasteiger partial charge in [-0.3, -0.25) is 0 Å². The van der Waals surface area contributed by atoms with Crippen molar-refractivity contribution < 1.29 is 18.6 Å². The van der Waals surface area contributed by atoms with Crippen LogP contribution in [0.15, 0.2) is 36.4 Å². The quantitative estimate of drug-likeness (QED) is 0.892. The third-order valence-electron chi connectivity index (χ3n) is 3.74. The molecule has 3 rings (SSSR count). The molecule has 0 aromatic heterocycles. The zero-order valence-corrected chi connectivity index (χ0v) is 12.0. The third kappa shape index (κ3) is 3.26. The number of rotatable bonds is 5. The Labute approximate surface area is 127 Å². The molecule has 0 bridgehead atoms. The van der Waals surface area contributed by atoms with Crippen molar-refractivity contribution in [3.05, 3.63) is 64.7 Å².